The van der Waals surface area contributed by atoms with E-state index in [1.807, 2.05) is 42.3 Å². The molecule has 6 rings (SSSR count). The van der Waals surface area contributed by atoms with Gasteiger partial charge in [-0.15, -0.1) is 10.2 Å². The first-order chi connectivity index (χ1) is 19.0. The molecule has 2 saturated carbocycles. The average molecular weight is 556 g/mol. The van der Waals surface area contributed by atoms with Crippen LogP contribution < -0.4 is 10.2 Å². The largest absolute Gasteiger partial charge is 0.416 e. The van der Waals surface area contributed by atoms with Gasteiger partial charge in [-0.1, -0.05) is 18.2 Å². The lowest BCUT2D eigenvalue weighted by atomic mass is 9.66. The van der Waals surface area contributed by atoms with Crippen molar-refractivity contribution in [3.8, 4) is 0 Å². The third-order valence-electron chi connectivity index (χ3n) is 9.20. The Hall–Kier alpha value is -2.95. The summed E-state index contributed by atoms with van der Waals surface area (Å²) in [7, 11) is 3.48. The van der Waals surface area contributed by atoms with Gasteiger partial charge in [0.2, 0.25) is 0 Å². The minimum Gasteiger partial charge on any atom is -0.389 e. The first-order valence-corrected chi connectivity index (χ1v) is 13.9. The van der Waals surface area contributed by atoms with Crippen molar-refractivity contribution in [1.82, 2.24) is 20.1 Å². The zero-order valence-corrected chi connectivity index (χ0v) is 23.1. The molecule has 2 fully saturated rings. The molecule has 3 aromatic rings. The van der Waals surface area contributed by atoms with Gasteiger partial charge in [0, 0.05) is 57.9 Å². The molecular formula is C30H36F3N5O2. The van der Waals surface area contributed by atoms with E-state index in [-0.39, 0.29) is 18.2 Å². The van der Waals surface area contributed by atoms with Gasteiger partial charge in [0.15, 0.2) is 0 Å². The first-order valence-electron chi connectivity index (χ1n) is 13.9. The summed E-state index contributed by atoms with van der Waals surface area (Å²) in [5.74, 6) is 0.184. The monoisotopic (exact) mass is 555 g/mol. The Labute approximate surface area is 232 Å². The van der Waals surface area contributed by atoms with Gasteiger partial charge in [-0.2, -0.15) is 13.2 Å². The minimum atomic E-state index is -4.43. The molecule has 2 N–H and O–H groups in total. The normalized spacial score (nSPS) is 24.4. The molecule has 0 spiro atoms. The van der Waals surface area contributed by atoms with Crippen LogP contribution in [0.15, 0.2) is 42.7 Å². The van der Waals surface area contributed by atoms with Gasteiger partial charge < -0.3 is 24.6 Å². The number of rotatable bonds is 8. The number of hydrogen-bond acceptors (Lipinski definition) is 6. The maximum atomic E-state index is 14.2. The number of nitrogens with one attached hydrogen (secondary N) is 1. The molecule has 7 nitrogen and oxygen atoms in total. The number of methoxy groups -OCH3 is 1. The van der Waals surface area contributed by atoms with Crippen LogP contribution in [0.25, 0.3) is 0 Å². The summed E-state index contributed by atoms with van der Waals surface area (Å²) < 4.78 is 49.9. The van der Waals surface area contributed by atoms with Crippen LogP contribution in [0, 0.1) is 0 Å². The van der Waals surface area contributed by atoms with Gasteiger partial charge in [-0.3, -0.25) is 0 Å². The molecular weight excluding hydrogens is 519 g/mol. The zero-order valence-electron chi connectivity index (χ0n) is 23.1. The number of hydrogen-bond donors (Lipinski definition) is 2. The van der Waals surface area contributed by atoms with E-state index in [2.05, 4.69) is 22.4 Å². The average Bonchev–Trinajstić information content (AvgIpc) is 3.50. The molecule has 0 radical (unpaired) electrons. The van der Waals surface area contributed by atoms with Gasteiger partial charge >= 0.3 is 6.18 Å². The van der Waals surface area contributed by atoms with E-state index in [1.54, 1.807) is 18.0 Å². The Morgan fingerprint density at radius 2 is 1.95 bits per heavy atom. The number of halogens is 3. The fraction of sp³-hybridized carbons (Fsp3) is 0.533. The second kappa shape index (κ2) is 9.85. The number of nitrogens with zero attached hydrogens (tertiary/aromatic N) is 4. The zero-order chi connectivity index (χ0) is 28.3. The van der Waals surface area contributed by atoms with Crippen molar-refractivity contribution < 1.29 is 23.0 Å². The predicted octanol–water partition coefficient (Wildman–Crippen LogP) is 5.06. The molecule has 40 heavy (non-hydrogen) atoms. The van der Waals surface area contributed by atoms with Crippen LogP contribution in [0.1, 0.15) is 78.6 Å². The van der Waals surface area contributed by atoms with E-state index in [0.717, 1.165) is 30.5 Å². The van der Waals surface area contributed by atoms with E-state index in [1.165, 1.54) is 6.07 Å². The molecule has 0 saturated heterocycles. The first kappa shape index (κ1) is 27.2. The van der Waals surface area contributed by atoms with Crippen LogP contribution in [0.5, 0.6) is 0 Å². The van der Waals surface area contributed by atoms with E-state index in [0.29, 0.717) is 48.4 Å². The Kier molecular flexibility index (Phi) is 6.71. The molecule has 2 aliphatic carbocycles. The number of fused-ring (bicyclic) bond motifs is 1. The predicted molar refractivity (Wildman–Crippen MR) is 145 cm³/mol. The molecule has 2 aromatic carbocycles. The van der Waals surface area contributed by atoms with Gasteiger partial charge in [0.1, 0.15) is 12.2 Å². The molecule has 0 unspecified atom stereocenters. The second-order valence-electron chi connectivity index (χ2n) is 12.1. The van der Waals surface area contributed by atoms with E-state index in [4.69, 9.17) is 4.74 Å². The van der Waals surface area contributed by atoms with Crippen molar-refractivity contribution in [2.45, 2.75) is 88.0 Å². The molecule has 0 amide bonds. The SMILES string of the molecule is COC1CC(O)([C@@H](c2cccc(N3Cc4cc(CNC5(C)CCC5)cc(C(F)(F)F)c4C3)c2)c2nncn2C)C1. The van der Waals surface area contributed by atoms with Gasteiger partial charge in [0.25, 0.3) is 0 Å². The van der Waals surface area contributed by atoms with Crippen LogP contribution in [0.2, 0.25) is 0 Å². The van der Waals surface area contributed by atoms with E-state index in [9.17, 15) is 18.3 Å². The number of aryl methyl sites for hydroxylation is 1. The summed E-state index contributed by atoms with van der Waals surface area (Å²) in [4.78, 5) is 1.98. The maximum absolute atomic E-state index is 14.2. The van der Waals surface area contributed by atoms with Crippen molar-refractivity contribution in [3.05, 3.63) is 76.4 Å². The van der Waals surface area contributed by atoms with Gasteiger partial charge in [-0.25, -0.2) is 0 Å². The molecule has 10 heteroatoms. The highest BCUT2D eigenvalue weighted by Gasteiger charge is 2.51. The van der Waals surface area contributed by atoms with Crippen LogP contribution >= 0.6 is 0 Å². The summed E-state index contributed by atoms with van der Waals surface area (Å²) in [6, 6.07) is 11.0. The Morgan fingerprint density at radius 3 is 2.58 bits per heavy atom. The Bertz CT molecular complexity index is 1390. The second-order valence-corrected chi connectivity index (χ2v) is 12.1. The molecule has 1 atom stereocenters. The van der Waals surface area contributed by atoms with Crippen LogP contribution in [-0.4, -0.2) is 44.2 Å². The fourth-order valence-electron chi connectivity index (χ4n) is 6.60. The lowest BCUT2D eigenvalue weighted by Crippen LogP contribution is -2.53. The topological polar surface area (TPSA) is 75.4 Å². The van der Waals surface area contributed by atoms with E-state index < -0.39 is 23.3 Å². The molecule has 1 aromatic heterocycles. The molecule has 1 aliphatic heterocycles. The quantitative estimate of drug-likeness (QED) is 0.405. The number of benzene rings is 2. The minimum absolute atomic E-state index is 0.0108. The van der Waals surface area contributed by atoms with Crippen LogP contribution in [-0.2, 0) is 37.6 Å². The third-order valence-corrected chi connectivity index (χ3v) is 9.20. The maximum Gasteiger partial charge on any atom is 0.416 e. The van der Waals surface area contributed by atoms with Crippen molar-refractivity contribution in [1.29, 1.82) is 0 Å². The fourth-order valence-corrected chi connectivity index (χ4v) is 6.60. The highest BCUT2D eigenvalue weighted by molar-refractivity contribution is 5.57. The third kappa shape index (κ3) is 4.90. The highest BCUT2D eigenvalue weighted by atomic mass is 19.4. The smallest absolute Gasteiger partial charge is 0.389 e. The summed E-state index contributed by atoms with van der Waals surface area (Å²) in [5, 5.41) is 23.4. The molecule has 214 valence electrons. The standard InChI is InChI=1S/C30H36F3N5O2/c1-28(8-5-9-28)34-15-19-10-21-16-38(17-24(21)25(11-19)30(31,32)33)22-7-4-6-20(12-22)26(27-36-35-18-37(27)2)29(39)13-23(14-29)40-3/h4,6-7,10-12,18,23,26,34,39H,5,8-9,13-17H2,1-3H3/t23?,26-,29?/m0/s1. The summed E-state index contributed by atoms with van der Waals surface area (Å²) in [6.07, 6.45) is 1.31. The van der Waals surface area contributed by atoms with Crippen molar-refractivity contribution in [2.75, 3.05) is 12.0 Å². The molecule has 2 heterocycles. The van der Waals surface area contributed by atoms with Crippen LogP contribution in [0.3, 0.4) is 0 Å². The number of anilines is 1. The van der Waals surface area contributed by atoms with Gasteiger partial charge in [-0.05, 0) is 66.6 Å². The number of ether oxygens (including phenoxy) is 1. The molecule has 3 aliphatic rings. The lowest BCUT2D eigenvalue weighted by Gasteiger charge is -2.47. The summed E-state index contributed by atoms with van der Waals surface area (Å²) >= 11 is 0. The van der Waals surface area contributed by atoms with Crippen molar-refractivity contribution in [2.24, 2.45) is 7.05 Å². The van der Waals surface area contributed by atoms with Gasteiger partial charge in [0.05, 0.1) is 23.2 Å². The number of aromatic nitrogens is 3. The van der Waals surface area contributed by atoms with Crippen molar-refractivity contribution >= 4 is 5.69 Å². The highest BCUT2D eigenvalue weighted by Crippen LogP contribution is 2.48. The van der Waals surface area contributed by atoms with E-state index >= 15 is 0 Å². The lowest BCUT2D eigenvalue weighted by molar-refractivity contribution is -0.138. The Morgan fingerprint density at radius 1 is 1.18 bits per heavy atom. The number of aliphatic hydroxyl groups is 1. The van der Waals surface area contributed by atoms with Crippen molar-refractivity contribution in [3.63, 3.8) is 0 Å². The Balaban J connectivity index is 1.30. The van der Waals surface area contributed by atoms with Crippen LogP contribution in [0.4, 0.5) is 18.9 Å². The summed E-state index contributed by atoms with van der Waals surface area (Å²) in [5.41, 5.74) is 1.76. The molecule has 0 bridgehead atoms. The summed E-state index contributed by atoms with van der Waals surface area (Å²) in [6.45, 7) is 3.11. The number of alkyl halides is 3.